The fourth-order valence-electron chi connectivity index (χ4n) is 3.48. The monoisotopic (exact) mass is 463 g/mol. The molecular formula is C21H22FN3O6S. The van der Waals surface area contributed by atoms with Gasteiger partial charge in [0.25, 0.3) is 5.91 Å². The lowest BCUT2D eigenvalue weighted by Crippen LogP contribution is -2.46. The van der Waals surface area contributed by atoms with Crippen molar-refractivity contribution in [2.75, 3.05) is 26.5 Å². The number of likely N-dealkylation sites (tertiary alicyclic amines) is 1. The number of amides is 2. The van der Waals surface area contributed by atoms with E-state index in [2.05, 4.69) is 15.0 Å². The molecule has 2 heterocycles. The SMILES string of the molecule is COC(=O)[C@@H]1C[C@@H](S(C)(=O)=O)CN1C(=O)CNC(=O)c1ncc(-c2ccccc2)cc1F. The van der Waals surface area contributed by atoms with Crippen LogP contribution in [0.5, 0.6) is 0 Å². The van der Waals surface area contributed by atoms with Gasteiger partial charge in [-0.3, -0.25) is 9.59 Å². The molecule has 0 unspecified atom stereocenters. The van der Waals surface area contributed by atoms with Gasteiger partial charge in [-0.15, -0.1) is 0 Å². The van der Waals surface area contributed by atoms with Crippen molar-refractivity contribution in [1.82, 2.24) is 15.2 Å². The van der Waals surface area contributed by atoms with Crippen LogP contribution >= 0.6 is 0 Å². The fraction of sp³-hybridized carbons (Fsp3) is 0.333. The third kappa shape index (κ3) is 5.10. The topological polar surface area (TPSA) is 123 Å². The molecule has 1 aromatic carbocycles. The van der Waals surface area contributed by atoms with Crippen molar-refractivity contribution in [3.8, 4) is 11.1 Å². The number of carbonyl (C=O) groups is 3. The Labute approximate surface area is 184 Å². The Bertz CT molecular complexity index is 1140. The number of methoxy groups -OCH3 is 1. The van der Waals surface area contributed by atoms with E-state index in [-0.39, 0.29) is 13.0 Å². The molecule has 0 spiro atoms. The standard InChI is InChI=1S/C21H22FN3O6S/c1-31-21(28)17-9-15(32(2,29)30)12-25(17)18(26)11-24-20(27)19-16(22)8-14(10-23-19)13-6-4-3-5-7-13/h3-8,10,15,17H,9,11-12H2,1-2H3,(H,24,27)/t15-,17+/m1/s1. The second kappa shape index (κ2) is 9.43. The summed E-state index contributed by atoms with van der Waals surface area (Å²) in [6.45, 7) is -0.768. The second-order valence-electron chi connectivity index (χ2n) is 7.38. The maximum absolute atomic E-state index is 14.5. The predicted molar refractivity (Wildman–Crippen MR) is 113 cm³/mol. The second-order valence-corrected chi connectivity index (χ2v) is 9.70. The van der Waals surface area contributed by atoms with Crippen LogP contribution in [0.1, 0.15) is 16.9 Å². The van der Waals surface area contributed by atoms with Crippen molar-refractivity contribution in [2.24, 2.45) is 0 Å². The third-order valence-corrected chi connectivity index (χ3v) is 6.78. The van der Waals surface area contributed by atoms with Crippen molar-refractivity contribution in [3.63, 3.8) is 0 Å². The molecule has 3 rings (SSSR count). The summed E-state index contributed by atoms with van der Waals surface area (Å²) in [5.74, 6) is -3.22. The summed E-state index contributed by atoms with van der Waals surface area (Å²) in [6, 6.07) is 9.02. The van der Waals surface area contributed by atoms with Crippen LogP contribution in [-0.4, -0.2) is 73.8 Å². The van der Waals surface area contributed by atoms with Gasteiger partial charge in [0, 0.05) is 24.6 Å². The highest BCUT2D eigenvalue weighted by molar-refractivity contribution is 7.91. The van der Waals surface area contributed by atoms with Crippen molar-refractivity contribution >= 4 is 27.6 Å². The van der Waals surface area contributed by atoms with Gasteiger partial charge in [-0.25, -0.2) is 22.6 Å². The minimum Gasteiger partial charge on any atom is -0.467 e. The first kappa shape index (κ1) is 23.3. The average Bonchev–Trinajstić information content (AvgIpc) is 3.23. The molecule has 0 aliphatic carbocycles. The zero-order valence-corrected chi connectivity index (χ0v) is 18.3. The van der Waals surface area contributed by atoms with Crippen LogP contribution in [0.2, 0.25) is 0 Å². The van der Waals surface area contributed by atoms with Gasteiger partial charge < -0.3 is 15.0 Å². The van der Waals surface area contributed by atoms with Crippen LogP contribution in [0, 0.1) is 5.82 Å². The largest absolute Gasteiger partial charge is 0.467 e. The van der Waals surface area contributed by atoms with E-state index in [1.807, 2.05) is 6.07 Å². The number of halogens is 1. The summed E-state index contributed by atoms with van der Waals surface area (Å²) in [5, 5.41) is 1.35. The molecule has 0 bridgehead atoms. The van der Waals surface area contributed by atoms with Crippen LogP contribution in [0.15, 0.2) is 42.6 Å². The number of hydrogen-bond acceptors (Lipinski definition) is 7. The normalized spacial score (nSPS) is 18.3. The Morgan fingerprint density at radius 3 is 2.50 bits per heavy atom. The van der Waals surface area contributed by atoms with Crippen LogP contribution in [0.25, 0.3) is 11.1 Å². The maximum Gasteiger partial charge on any atom is 0.328 e. The molecule has 11 heteroatoms. The first-order valence-corrected chi connectivity index (χ1v) is 11.6. The molecular weight excluding hydrogens is 441 g/mol. The molecule has 1 aliphatic rings. The molecule has 2 atom stereocenters. The number of rotatable bonds is 6. The number of benzene rings is 1. The van der Waals surface area contributed by atoms with Gasteiger partial charge in [-0.05, 0) is 18.1 Å². The highest BCUT2D eigenvalue weighted by Gasteiger charge is 2.44. The summed E-state index contributed by atoms with van der Waals surface area (Å²) in [6.07, 6.45) is 2.28. The van der Waals surface area contributed by atoms with E-state index in [1.54, 1.807) is 24.3 Å². The summed E-state index contributed by atoms with van der Waals surface area (Å²) in [7, 11) is -2.37. The number of aromatic nitrogens is 1. The number of esters is 1. The van der Waals surface area contributed by atoms with Gasteiger partial charge in [0.15, 0.2) is 21.3 Å². The van der Waals surface area contributed by atoms with Crippen LogP contribution in [0.4, 0.5) is 4.39 Å². The molecule has 32 heavy (non-hydrogen) atoms. The lowest BCUT2D eigenvalue weighted by Gasteiger charge is -2.22. The molecule has 9 nitrogen and oxygen atoms in total. The van der Waals surface area contributed by atoms with E-state index in [9.17, 15) is 27.2 Å². The molecule has 1 N–H and O–H groups in total. The van der Waals surface area contributed by atoms with E-state index in [0.717, 1.165) is 23.8 Å². The Morgan fingerprint density at radius 1 is 1.22 bits per heavy atom. The van der Waals surface area contributed by atoms with Crippen LogP contribution < -0.4 is 5.32 Å². The van der Waals surface area contributed by atoms with E-state index >= 15 is 0 Å². The number of sulfone groups is 1. The minimum absolute atomic E-state index is 0.0949. The molecule has 170 valence electrons. The molecule has 1 fully saturated rings. The number of nitrogens with zero attached hydrogens (tertiary/aromatic N) is 2. The first-order valence-electron chi connectivity index (χ1n) is 9.67. The predicted octanol–water partition coefficient (Wildman–Crippen LogP) is 0.805. The first-order chi connectivity index (χ1) is 15.1. The van der Waals surface area contributed by atoms with E-state index in [4.69, 9.17) is 0 Å². The smallest absolute Gasteiger partial charge is 0.328 e. The Morgan fingerprint density at radius 2 is 1.91 bits per heavy atom. The number of hydrogen-bond donors (Lipinski definition) is 1. The Hall–Kier alpha value is -3.34. The van der Waals surface area contributed by atoms with Crippen molar-refractivity contribution in [1.29, 1.82) is 0 Å². The Balaban J connectivity index is 1.68. The Kier molecular flexibility index (Phi) is 6.87. The molecule has 0 saturated carbocycles. The quantitative estimate of drug-likeness (QED) is 0.629. The number of carbonyl (C=O) groups excluding carboxylic acids is 3. The van der Waals surface area contributed by atoms with Crippen molar-refractivity contribution in [3.05, 3.63) is 54.1 Å². The number of nitrogens with one attached hydrogen (secondary N) is 1. The lowest BCUT2D eigenvalue weighted by atomic mass is 10.1. The lowest BCUT2D eigenvalue weighted by molar-refractivity contribution is -0.150. The molecule has 2 aromatic rings. The van der Waals surface area contributed by atoms with E-state index < -0.39 is 57.0 Å². The van der Waals surface area contributed by atoms with Crippen LogP contribution in [0.3, 0.4) is 0 Å². The van der Waals surface area contributed by atoms with Gasteiger partial charge in [0.2, 0.25) is 5.91 Å². The molecule has 0 radical (unpaired) electrons. The number of ether oxygens (including phenoxy) is 1. The highest BCUT2D eigenvalue weighted by Crippen LogP contribution is 2.24. The summed E-state index contributed by atoms with van der Waals surface area (Å²) >= 11 is 0. The fourth-order valence-corrected chi connectivity index (χ4v) is 4.44. The molecule has 1 aliphatic heterocycles. The average molecular weight is 463 g/mol. The van der Waals surface area contributed by atoms with Crippen molar-refractivity contribution in [2.45, 2.75) is 17.7 Å². The zero-order chi connectivity index (χ0) is 23.5. The summed E-state index contributed by atoms with van der Waals surface area (Å²) in [5.41, 5.74) is 0.724. The zero-order valence-electron chi connectivity index (χ0n) is 17.4. The summed E-state index contributed by atoms with van der Waals surface area (Å²) < 4.78 is 42.9. The van der Waals surface area contributed by atoms with Gasteiger partial charge in [-0.1, -0.05) is 30.3 Å². The molecule has 1 saturated heterocycles. The van der Waals surface area contributed by atoms with Gasteiger partial charge in [0.1, 0.15) is 6.04 Å². The highest BCUT2D eigenvalue weighted by atomic mass is 32.2. The summed E-state index contributed by atoms with van der Waals surface area (Å²) in [4.78, 5) is 41.9. The number of pyridine rings is 1. The van der Waals surface area contributed by atoms with Crippen LogP contribution in [-0.2, 0) is 24.2 Å². The van der Waals surface area contributed by atoms with Gasteiger partial charge >= 0.3 is 5.97 Å². The maximum atomic E-state index is 14.5. The van der Waals surface area contributed by atoms with E-state index in [0.29, 0.717) is 5.56 Å². The van der Waals surface area contributed by atoms with Gasteiger partial charge in [-0.2, -0.15) is 0 Å². The minimum atomic E-state index is -3.50. The van der Waals surface area contributed by atoms with Gasteiger partial charge in [0.05, 0.1) is 18.9 Å². The molecule has 1 aromatic heterocycles. The third-order valence-electron chi connectivity index (χ3n) is 5.23. The molecule has 2 amide bonds. The van der Waals surface area contributed by atoms with E-state index in [1.165, 1.54) is 12.3 Å². The van der Waals surface area contributed by atoms with Crippen molar-refractivity contribution < 1.29 is 31.9 Å².